The summed E-state index contributed by atoms with van der Waals surface area (Å²) in [6.07, 6.45) is 2.87. The van der Waals surface area contributed by atoms with Crippen molar-refractivity contribution in [2.75, 3.05) is 0 Å². The van der Waals surface area contributed by atoms with E-state index in [4.69, 9.17) is 11.6 Å². The van der Waals surface area contributed by atoms with Crippen LogP contribution in [0.5, 0.6) is 0 Å². The molecule has 5 heteroatoms. The van der Waals surface area contributed by atoms with Crippen molar-refractivity contribution >= 4 is 17.3 Å². The molecular weight excluding hydrogens is 290 g/mol. The molecule has 0 aliphatic heterocycles. The summed E-state index contributed by atoms with van der Waals surface area (Å²) in [5.41, 5.74) is 0.722. The maximum Gasteiger partial charge on any atom is 0.272 e. The number of aliphatic hydroxyl groups is 1. The Kier molecular flexibility index (Phi) is 5.22. The van der Waals surface area contributed by atoms with Crippen molar-refractivity contribution < 1.29 is 10.0 Å². The van der Waals surface area contributed by atoms with Crippen LogP contribution in [0, 0.1) is 27.9 Å². The Balaban J connectivity index is 2.19. The van der Waals surface area contributed by atoms with Crippen LogP contribution >= 0.6 is 11.6 Å². The first-order valence-electron chi connectivity index (χ1n) is 7.49. The summed E-state index contributed by atoms with van der Waals surface area (Å²) < 4.78 is 0. The van der Waals surface area contributed by atoms with Crippen molar-refractivity contribution in [2.45, 2.75) is 45.6 Å². The molecule has 4 nitrogen and oxygen atoms in total. The minimum Gasteiger partial charge on any atom is -0.393 e. The van der Waals surface area contributed by atoms with Gasteiger partial charge in [-0.25, -0.2) is 0 Å². The number of hydrogen-bond acceptors (Lipinski definition) is 3. The van der Waals surface area contributed by atoms with Gasteiger partial charge in [0.25, 0.3) is 5.69 Å². The van der Waals surface area contributed by atoms with Crippen LogP contribution in [0.1, 0.15) is 38.7 Å². The number of nitrogens with zero attached hydrogens (tertiary/aromatic N) is 1. The van der Waals surface area contributed by atoms with E-state index in [9.17, 15) is 15.2 Å². The zero-order valence-electron chi connectivity index (χ0n) is 12.5. The fourth-order valence-electron chi connectivity index (χ4n) is 3.29. The molecule has 1 aliphatic rings. The second kappa shape index (κ2) is 6.75. The highest BCUT2D eigenvalue weighted by Crippen LogP contribution is 2.37. The molecule has 1 aliphatic carbocycles. The van der Waals surface area contributed by atoms with Crippen molar-refractivity contribution in [3.8, 4) is 0 Å². The quantitative estimate of drug-likeness (QED) is 0.668. The van der Waals surface area contributed by atoms with E-state index in [1.165, 1.54) is 12.1 Å². The van der Waals surface area contributed by atoms with Crippen molar-refractivity contribution in [3.05, 3.63) is 38.9 Å². The summed E-state index contributed by atoms with van der Waals surface area (Å²) in [7, 11) is 0. The van der Waals surface area contributed by atoms with E-state index in [-0.39, 0.29) is 22.6 Å². The maximum absolute atomic E-state index is 11.1. The van der Waals surface area contributed by atoms with Gasteiger partial charge in [-0.15, -0.1) is 0 Å². The first kappa shape index (κ1) is 16.2. The Hall–Kier alpha value is -1.13. The molecule has 1 aromatic carbocycles. The number of rotatable bonds is 4. The predicted octanol–water partition coefficient (Wildman–Crippen LogP) is 4.22. The number of aliphatic hydroxyl groups excluding tert-OH is 1. The highest BCUT2D eigenvalue weighted by molar-refractivity contribution is 6.30. The summed E-state index contributed by atoms with van der Waals surface area (Å²) in [4.78, 5) is 10.8. The van der Waals surface area contributed by atoms with E-state index < -0.39 is 0 Å². The average molecular weight is 312 g/mol. The van der Waals surface area contributed by atoms with Crippen molar-refractivity contribution in [2.24, 2.45) is 17.8 Å². The van der Waals surface area contributed by atoms with E-state index in [0.717, 1.165) is 19.3 Å². The van der Waals surface area contributed by atoms with Crippen LogP contribution in [0.25, 0.3) is 0 Å². The second-order valence-corrected chi connectivity index (χ2v) is 6.82. The van der Waals surface area contributed by atoms with Crippen LogP contribution in [-0.4, -0.2) is 16.1 Å². The molecular formula is C16H22ClNO3. The van der Waals surface area contributed by atoms with E-state index in [2.05, 4.69) is 13.8 Å². The molecule has 0 amide bonds. The zero-order chi connectivity index (χ0) is 15.6. The number of nitro groups is 1. The highest BCUT2D eigenvalue weighted by atomic mass is 35.5. The monoisotopic (exact) mass is 311 g/mol. The Morgan fingerprint density at radius 1 is 1.43 bits per heavy atom. The lowest BCUT2D eigenvalue weighted by Crippen LogP contribution is -2.32. The SMILES string of the molecule is CC(C)C1CCC(O)C(Cc2cc(Cl)ccc2[N+](=O)[O-])C1. The Labute approximate surface area is 130 Å². The predicted molar refractivity (Wildman–Crippen MR) is 83.5 cm³/mol. The largest absolute Gasteiger partial charge is 0.393 e. The fraction of sp³-hybridized carbons (Fsp3) is 0.625. The van der Waals surface area contributed by atoms with Gasteiger partial charge in [0.15, 0.2) is 0 Å². The highest BCUT2D eigenvalue weighted by Gasteiger charge is 2.32. The van der Waals surface area contributed by atoms with Gasteiger partial charge in [0.05, 0.1) is 11.0 Å². The Morgan fingerprint density at radius 2 is 2.14 bits per heavy atom. The zero-order valence-corrected chi connectivity index (χ0v) is 13.2. The van der Waals surface area contributed by atoms with E-state index in [0.29, 0.717) is 28.8 Å². The van der Waals surface area contributed by atoms with Gasteiger partial charge in [0, 0.05) is 16.7 Å². The number of hydrogen-bond donors (Lipinski definition) is 1. The third kappa shape index (κ3) is 3.95. The molecule has 116 valence electrons. The van der Waals surface area contributed by atoms with Crippen LogP contribution in [0.2, 0.25) is 5.02 Å². The third-order valence-electron chi connectivity index (χ3n) is 4.65. The van der Waals surface area contributed by atoms with Gasteiger partial charge in [0.2, 0.25) is 0 Å². The summed E-state index contributed by atoms with van der Waals surface area (Å²) in [6.45, 7) is 4.39. The van der Waals surface area contributed by atoms with E-state index >= 15 is 0 Å². The van der Waals surface area contributed by atoms with Gasteiger partial charge in [-0.3, -0.25) is 10.1 Å². The Bertz CT molecular complexity index is 518. The van der Waals surface area contributed by atoms with Crippen LogP contribution in [0.3, 0.4) is 0 Å². The minimum absolute atomic E-state index is 0.0725. The fourth-order valence-corrected chi connectivity index (χ4v) is 3.48. The van der Waals surface area contributed by atoms with Crippen molar-refractivity contribution in [1.82, 2.24) is 0 Å². The van der Waals surface area contributed by atoms with Gasteiger partial charge in [-0.2, -0.15) is 0 Å². The molecule has 3 atom stereocenters. The molecule has 2 rings (SSSR count). The summed E-state index contributed by atoms with van der Waals surface area (Å²) >= 11 is 5.97. The van der Waals surface area contributed by atoms with Gasteiger partial charge in [-0.1, -0.05) is 25.4 Å². The number of halogens is 1. The summed E-state index contributed by atoms with van der Waals surface area (Å²) in [5.74, 6) is 1.23. The molecule has 1 fully saturated rings. The van der Waals surface area contributed by atoms with Gasteiger partial charge in [0.1, 0.15) is 0 Å². The van der Waals surface area contributed by atoms with Gasteiger partial charge < -0.3 is 5.11 Å². The second-order valence-electron chi connectivity index (χ2n) is 6.38. The van der Waals surface area contributed by atoms with Gasteiger partial charge >= 0.3 is 0 Å². The topological polar surface area (TPSA) is 63.4 Å². The molecule has 21 heavy (non-hydrogen) atoms. The molecule has 0 aromatic heterocycles. The van der Waals surface area contributed by atoms with Gasteiger partial charge in [-0.05, 0) is 55.6 Å². The molecule has 1 N–H and O–H groups in total. The van der Waals surface area contributed by atoms with Crippen LogP contribution in [0.15, 0.2) is 18.2 Å². The van der Waals surface area contributed by atoms with Crippen LogP contribution < -0.4 is 0 Å². The Morgan fingerprint density at radius 3 is 2.76 bits per heavy atom. The van der Waals surface area contributed by atoms with E-state index in [1.54, 1.807) is 6.07 Å². The molecule has 0 heterocycles. The molecule has 1 aromatic rings. The molecule has 0 spiro atoms. The smallest absolute Gasteiger partial charge is 0.272 e. The normalized spacial score (nSPS) is 26.0. The minimum atomic E-state index is -0.376. The lowest BCUT2D eigenvalue weighted by Gasteiger charge is -2.35. The average Bonchev–Trinajstić information content (AvgIpc) is 2.40. The number of nitro benzene ring substituents is 1. The molecule has 1 saturated carbocycles. The lowest BCUT2D eigenvalue weighted by atomic mass is 9.73. The third-order valence-corrected chi connectivity index (χ3v) is 4.88. The molecule has 3 unspecified atom stereocenters. The summed E-state index contributed by atoms with van der Waals surface area (Å²) in [5, 5.41) is 21.9. The number of benzene rings is 1. The van der Waals surface area contributed by atoms with E-state index in [1.807, 2.05) is 0 Å². The maximum atomic E-state index is 11.1. The van der Waals surface area contributed by atoms with Crippen molar-refractivity contribution in [1.29, 1.82) is 0 Å². The molecule has 0 bridgehead atoms. The van der Waals surface area contributed by atoms with Crippen molar-refractivity contribution in [3.63, 3.8) is 0 Å². The summed E-state index contributed by atoms with van der Waals surface area (Å²) in [6, 6.07) is 4.65. The lowest BCUT2D eigenvalue weighted by molar-refractivity contribution is -0.385. The first-order valence-corrected chi connectivity index (χ1v) is 7.87. The molecule has 0 radical (unpaired) electrons. The first-order chi connectivity index (χ1) is 9.88. The van der Waals surface area contributed by atoms with Crippen LogP contribution in [0.4, 0.5) is 5.69 Å². The standard InChI is InChI=1S/C16H22ClNO3/c1-10(2)11-3-6-16(19)13(7-11)8-12-9-14(17)4-5-15(12)18(20)21/h4-5,9-11,13,16,19H,3,6-8H2,1-2H3. The molecule has 0 saturated heterocycles. The van der Waals surface area contributed by atoms with Crippen LogP contribution in [-0.2, 0) is 6.42 Å².